The number of nitrogens with zero attached hydrogens (tertiary/aromatic N) is 3. The number of ketones is 1. The molecule has 1 aliphatic carbocycles. The van der Waals surface area contributed by atoms with Gasteiger partial charge in [0.2, 0.25) is 17.1 Å². The van der Waals surface area contributed by atoms with Gasteiger partial charge in [-0.3, -0.25) is 19.2 Å². The Morgan fingerprint density at radius 1 is 0.495 bits per heavy atom. The van der Waals surface area contributed by atoms with Gasteiger partial charge < -0.3 is 42.0 Å². The summed E-state index contributed by atoms with van der Waals surface area (Å²) in [7, 11) is 0. The molecule has 1 saturated heterocycles. The Labute approximate surface area is 674 Å². The summed E-state index contributed by atoms with van der Waals surface area (Å²) in [5.74, 6) is 0.931. The Morgan fingerprint density at radius 3 is 1.30 bits per heavy atom. The van der Waals surface area contributed by atoms with E-state index in [1.807, 2.05) is 59.7 Å². The highest BCUT2D eigenvalue weighted by Crippen LogP contribution is 2.41. The Balaban J connectivity index is 0.000000240. The second-order valence-corrected chi connectivity index (χ2v) is 36.0. The number of alkyl halides is 1. The lowest BCUT2D eigenvalue weighted by molar-refractivity contribution is -0.119. The number of halogens is 6. The van der Waals surface area contributed by atoms with Crippen LogP contribution in [0.5, 0.6) is 0 Å². The zero-order valence-corrected chi connectivity index (χ0v) is 70.5. The first-order valence-corrected chi connectivity index (χ1v) is 41.4. The van der Waals surface area contributed by atoms with E-state index in [1.165, 1.54) is 111 Å². The number of benzene rings is 4. The lowest BCUT2D eigenvalue weighted by Gasteiger charge is -2.27. The van der Waals surface area contributed by atoms with Crippen LogP contribution in [0.4, 0.5) is 57.4 Å². The van der Waals surface area contributed by atoms with E-state index in [-0.39, 0.29) is 64.3 Å². The minimum atomic E-state index is -0.252. The van der Waals surface area contributed by atoms with Crippen molar-refractivity contribution in [1.82, 2.24) is 0 Å². The number of Topliss-reactive ketones (excluding diaryl/α,β-unsaturated/α-hetero) is 1. The van der Waals surface area contributed by atoms with E-state index in [0.29, 0.717) is 50.3 Å². The van der Waals surface area contributed by atoms with Crippen LogP contribution in [0.15, 0.2) is 72.8 Å². The molecule has 3 radical (unpaired) electrons. The van der Waals surface area contributed by atoms with Gasteiger partial charge in [0.25, 0.3) is 0 Å². The SMILES string of the molecule is C.C1CCOC1.CC(C)(C)CC(=O)Cl.Cc1cc2c(c(C)c1N)CCCC(=O)C2.Cc1cc2c(c(C)c1N)CCCC(=O)N2Cc1ccc(F)s1.Cc1cc2c(c(C)c1N)CCCCN2Cc1ccc(F)s1.Cc1cc2c(c(C)c1NC(=O)CC(C)(C)C)CCCCN2Cc1ccc(F)s1.Fc1ccc(CCl)s1.[B]. The van der Waals surface area contributed by atoms with Crippen molar-refractivity contribution in [2.75, 3.05) is 63.5 Å². The predicted octanol–water partition coefficient (Wildman–Crippen LogP) is 22.8. The second kappa shape index (κ2) is 43.4. The zero-order chi connectivity index (χ0) is 78.6. The number of ether oxygens (including phenoxy) is 1. The predicted molar refractivity (Wildman–Crippen MR) is 457 cm³/mol. The number of nitrogens with one attached hydrogen (secondary N) is 1. The average Bonchev–Trinajstić information content (AvgIpc) is 1.78. The highest BCUT2D eigenvalue weighted by Gasteiger charge is 2.28. The number of nitrogens with two attached hydrogens (primary N) is 3. The fraction of sp³-hybridized carbons (Fsp3) is 0.488. The van der Waals surface area contributed by atoms with E-state index in [9.17, 15) is 36.7 Å². The third kappa shape index (κ3) is 28.2. The number of anilines is 7. The molecular weight excluding hydrogens is 1500 g/mol. The molecule has 0 unspecified atom stereocenters. The van der Waals surface area contributed by atoms with Crippen LogP contribution in [-0.2, 0) is 81.5 Å². The maximum atomic E-state index is 13.4. The standard InChI is InChI=1S/C23H31FN2OS.C17H19FN2OS.C17H21FN2S.C13H17NO.C6H11ClO.C5H4ClFS.C4H8O.CH4.B/c1-15-12-19-18(16(2)22(15)25-21(27)13-23(3,4)5)8-6-7-11-26(19)14-17-9-10-20(24)28-17;1-10-8-14-13(11(2)17(10)19)4-3-5-16(21)20(14)9-12-6-7-15(18)22-12;1-11-9-15-14(12(2)17(11)19)5-3-4-8-20(15)10-13-6-7-16(18)21-13;1-8-6-10-7-11(15)4-3-5-12(10)9(2)13(8)14;1-6(2,3)4-5(7)8;6-3-4-1-2-5(7)8-4;1-2-4-5-3-1;;/h9-10,12H,6-8,11,13-14H2,1-5H3,(H,25,27);6-8H,3-5,9,19H2,1-2H3;6-7,9H,3-5,8,10,19H2,1-2H3;6H,3-5,7,14H2,1-2H3;4H2,1-3H3;1-2H,3H2;1-4H2;1H4;. The fourth-order valence-corrected chi connectivity index (χ4v) is 17.3. The number of fused-ring (bicyclic) bond motifs is 4. The molecule has 109 heavy (non-hydrogen) atoms. The molecular formula is C86H115BCl2F4N7O5S4. The number of aryl methyl sites for hydroxylation is 4. The molecule has 0 spiro atoms. The van der Waals surface area contributed by atoms with Gasteiger partial charge in [0.15, 0.2) is 20.5 Å². The van der Waals surface area contributed by atoms with E-state index in [4.69, 9.17) is 45.1 Å². The normalized spacial score (nSPS) is 14.5. The third-order valence-electron chi connectivity index (χ3n) is 19.5. The number of rotatable bonds is 10. The number of hydrogen-bond acceptors (Lipinski definition) is 14. The molecule has 8 aromatic rings. The number of nitrogen functional groups attached to an aromatic ring is 3. The summed E-state index contributed by atoms with van der Waals surface area (Å²) in [6, 6.07) is 21.6. The Hall–Kier alpha value is -6.72. The molecule has 12 nitrogen and oxygen atoms in total. The maximum absolute atomic E-state index is 13.4. The van der Waals surface area contributed by atoms with Crippen LogP contribution in [0.3, 0.4) is 0 Å². The molecule has 5 aliphatic rings. The zero-order valence-electron chi connectivity index (χ0n) is 65.7. The molecule has 7 N–H and O–H groups in total. The summed E-state index contributed by atoms with van der Waals surface area (Å²) in [5, 5.41) is 2.29. The van der Waals surface area contributed by atoms with Crippen molar-refractivity contribution < 1.29 is 41.5 Å². The third-order valence-corrected chi connectivity index (χ3v) is 23.5. The lowest BCUT2D eigenvalue weighted by Crippen LogP contribution is -2.29. The molecule has 0 bridgehead atoms. The first-order chi connectivity index (χ1) is 50.5. The summed E-state index contributed by atoms with van der Waals surface area (Å²) >= 11 is 15.2. The topological polar surface area (TPSA) is 177 Å². The van der Waals surface area contributed by atoms with Gasteiger partial charge in [-0.2, -0.15) is 17.6 Å². The van der Waals surface area contributed by atoms with E-state index in [2.05, 4.69) is 88.7 Å². The van der Waals surface area contributed by atoms with Gasteiger partial charge in [-0.25, -0.2) is 0 Å². The number of carbonyl (C=O) groups is 4. The molecule has 23 heteroatoms. The van der Waals surface area contributed by atoms with Crippen LogP contribution < -0.4 is 37.2 Å². The molecule has 4 aromatic heterocycles. The second-order valence-electron chi connectivity index (χ2n) is 30.8. The van der Waals surface area contributed by atoms with Crippen molar-refractivity contribution in [3.05, 3.63) is 185 Å². The quantitative estimate of drug-likeness (QED) is 0.0257. The Kier molecular flexibility index (Phi) is 36.9. The van der Waals surface area contributed by atoms with Crippen molar-refractivity contribution in [2.24, 2.45) is 10.8 Å². The molecule has 4 aliphatic heterocycles. The van der Waals surface area contributed by atoms with Gasteiger partial charge in [-0.05, 0) is 294 Å². The summed E-state index contributed by atoms with van der Waals surface area (Å²) in [5.41, 5.74) is 40.6. The van der Waals surface area contributed by atoms with E-state index < -0.39 is 0 Å². The monoisotopic (exact) mass is 1610 g/mol. The molecule has 0 saturated carbocycles. The molecule has 13 rings (SSSR count). The van der Waals surface area contributed by atoms with Crippen molar-refractivity contribution in [3.8, 4) is 0 Å². The number of thiophene rings is 4. The summed E-state index contributed by atoms with van der Waals surface area (Å²) in [6.45, 7) is 34.5. The van der Waals surface area contributed by atoms with E-state index in [1.54, 1.807) is 29.2 Å². The molecule has 0 atom stereocenters. The number of hydrogen-bond donors (Lipinski definition) is 4. The number of amides is 2. The smallest absolute Gasteiger partial charge is 0.227 e. The van der Waals surface area contributed by atoms with Crippen LogP contribution in [0.2, 0.25) is 0 Å². The summed E-state index contributed by atoms with van der Waals surface area (Å²) < 4.78 is 56.9. The van der Waals surface area contributed by atoms with Crippen LogP contribution in [-0.4, -0.2) is 57.6 Å². The number of carbonyl (C=O) groups excluding carboxylic acids is 4. The van der Waals surface area contributed by atoms with Crippen molar-refractivity contribution in [2.45, 2.75) is 239 Å². The minimum Gasteiger partial charge on any atom is -0.398 e. The highest BCUT2D eigenvalue weighted by atomic mass is 35.5. The van der Waals surface area contributed by atoms with Gasteiger partial charge in [0.1, 0.15) is 5.78 Å². The first kappa shape index (κ1) is 92.9. The van der Waals surface area contributed by atoms with Crippen LogP contribution in [0.1, 0.15) is 218 Å². The van der Waals surface area contributed by atoms with Gasteiger partial charge in [-0.1, -0.05) is 55.0 Å². The lowest BCUT2D eigenvalue weighted by atomic mass is 9.91. The average molecular weight is 1610 g/mol. The van der Waals surface area contributed by atoms with Gasteiger partial charge in [0.05, 0.1) is 25.5 Å². The van der Waals surface area contributed by atoms with Gasteiger partial charge >= 0.3 is 0 Å². The first-order valence-electron chi connectivity index (χ1n) is 37.2. The summed E-state index contributed by atoms with van der Waals surface area (Å²) in [6.07, 6.45) is 15.7. The van der Waals surface area contributed by atoms with Gasteiger partial charge in [0, 0.05) is 126 Å². The van der Waals surface area contributed by atoms with E-state index in [0.717, 1.165) is 195 Å². The fourth-order valence-electron chi connectivity index (χ4n) is 13.9. The maximum Gasteiger partial charge on any atom is 0.227 e. The van der Waals surface area contributed by atoms with E-state index >= 15 is 0 Å². The Morgan fingerprint density at radius 2 is 0.890 bits per heavy atom. The molecule has 8 heterocycles. The van der Waals surface area contributed by atoms with Gasteiger partial charge in [-0.15, -0.1) is 56.9 Å². The molecule has 4 aromatic carbocycles. The van der Waals surface area contributed by atoms with Crippen molar-refractivity contribution >= 4 is 140 Å². The molecule has 593 valence electrons. The summed E-state index contributed by atoms with van der Waals surface area (Å²) in [4.78, 5) is 57.2. The molecule has 2 amide bonds. The molecule has 1 fully saturated rings. The van der Waals surface area contributed by atoms with Crippen LogP contribution in [0, 0.1) is 86.7 Å². The van der Waals surface area contributed by atoms with Crippen molar-refractivity contribution in [3.63, 3.8) is 0 Å². The highest BCUT2D eigenvalue weighted by molar-refractivity contribution is 7.11. The minimum absolute atomic E-state index is 0. The van der Waals surface area contributed by atoms with Crippen LogP contribution >= 0.6 is 68.5 Å². The van der Waals surface area contributed by atoms with Crippen molar-refractivity contribution in [1.29, 1.82) is 0 Å². The largest absolute Gasteiger partial charge is 0.398 e. The Bertz CT molecular complexity index is 4340. The van der Waals surface area contributed by atoms with Crippen LogP contribution in [0.25, 0.3) is 0 Å².